The molecular formula is C11H18ClNO2. The molecule has 3 nitrogen and oxygen atoms in total. The van der Waals surface area contributed by atoms with Gasteiger partial charge in [0.15, 0.2) is 0 Å². The van der Waals surface area contributed by atoms with E-state index >= 15 is 0 Å². The molecule has 1 heterocycles. The van der Waals surface area contributed by atoms with Crippen molar-refractivity contribution in [1.29, 1.82) is 0 Å². The van der Waals surface area contributed by atoms with Crippen LogP contribution in [-0.2, 0) is 4.74 Å². The van der Waals surface area contributed by atoms with E-state index in [1.54, 1.807) is 4.90 Å². The zero-order valence-electron chi connectivity index (χ0n) is 9.50. The number of hydrogen-bond donors (Lipinski definition) is 0. The van der Waals surface area contributed by atoms with Gasteiger partial charge in [0.05, 0.1) is 6.04 Å². The quantitative estimate of drug-likeness (QED) is 0.694. The summed E-state index contributed by atoms with van der Waals surface area (Å²) in [5, 5.41) is 0. The van der Waals surface area contributed by atoms with Crippen LogP contribution in [0, 0.1) is 0 Å². The van der Waals surface area contributed by atoms with Crippen LogP contribution < -0.4 is 0 Å². The number of carbonyl (C=O) groups is 1. The summed E-state index contributed by atoms with van der Waals surface area (Å²) in [6.45, 7) is 6.36. The minimum atomic E-state index is -0.436. The Balaban J connectivity index is 2.59. The second-order valence-electron chi connectivity index (χ2n) is 4.70. The molecule has 1 amide bonds. The van der Waals surface area contributed by atoms with Gasteiger partial charge in [-0.1, -0.05) is 17.7 Å². The molecule has 0 aromatic heterocycles. The molecule has 0 radical (unpaired) electrons. The fourth-order valence-electron chi connectivity index (χ4n) is 1.62. The predicted molar refractivity (Wildman–Crippen MR) is 61.0 cm³/mol. The molecule has 1 fully saturated rings. The van der Waals surface area contributed by atoms with Gasteiger partial charge < -0.3 is 9.64 Å². The van der Waals surface area contributed by atoms with Gasteiger partial charge in [-0.05, 0) is 33.6 Å². The van der Waals surface area contributed by atoms with E-state index in [4.69, 9.17) is 16.3 Å². The minimum absolute atomic E-state index is 0.0948. The molecule has 1 aliphatic rings. The predicted octanol–water partition coefficient (Wildman–Crippen LogP) is 3.14. The van der Waals surface area contributed by atoms with E-state index in [9.17, 15) is 4.79 Å². The molecule has 1 saturated heterocycles. The van der Waals surface area contributed by atoms with Gasteiger partial charge in [-0.3, -0.25) is 0 Å². The van der Waals surface area contributed by atoms with Gasteiger partial charge in [0.25, 0.3) is 0 Å². The van der Waals surface area contributed by atoms with Gasteiger partial charge in [0, 0.05) is 12.1 Å². The molecule has 86 valence electrons. The van der Waals surface area contributed by atoms with Crippen LogP contribution in [0.4, 0.5) is 4.79 Å². The first kappa shape index (κ1) is 12.4. The summed E-state index contributed by atoms with van der Waals surface area (Å²) in [4.78, 5) is 13.5. The van der Waals surface area contributed by atoms with Crippen molar-refractivity contribution in [2.75, 3.05) is 6.54 Å². The van der Waals surface area contributed by atoms with Gasteiger partial charge in [0.2, 0.25) is 0 Å². The van der Waals surface area contributed by atoms with Crippen LogP contribution in [0.25, 0.3) is 0 Å². The second kappa shape index (κ2) is 4.88. The Morgan fingerprint density at radius 1 is 1.53 bits per heavy atom. The number of likely N-dealkylation sites (tertiary alicyclic amines) is 1. The molecule has 0 bridgehead atoms. The normalized spacial score (nSPS) is 22.4. The Kier molecular flexibility index (Phi) is 4.03. The van der Waals surface area contributed by atoms with Crippen molar-refractivity contribution < 1.29 is 9.53 Å². The maximum absolute atomic E-state index is 11.8. The van der Waals surface area contributed by atoms with Crippen molar-refractivity contribution in [3.05, 3.63) is 11.6 Å². The van der Waals surface area contributed by atoms with E-state index in [0.29, 0.717) is 0 Å². The average Bonchev–Trinajstić information content (AvgIpc) is 2.49. The summed E-state index contributed by atoms with van der Waals surface area (Å²) in [5.74, 6) is 0. The number of ether oxygens (including phenoxy) is 1. The molecule has 1 rings (SSSR count). The molecule has 4 heteroatoms. The zero-order chi connectivity index (χ0) is 11.5. The lowest BCUT2D eigenvalue weighted by Crippen LogP contribution is -2.38. The Hall–Kier alpha value is -0.700. The summed E-state index contributed by atoms with van der Waals surface area (Å²) < 4.78 is 5.31. The topological polar surface area (TPSA) is 29.5 Å². The van der Waals surface area contributed by atoms with Crippen LogP contribution in [0.5, 0.6) is 0 Å². The summed E-state index contributed by atoms with van der Waals surface area (Å²) in [6.07, 6.45) is 3.55. The first-order chi connectivity index (χ1) is 6.94. The van der Waals surface area contributed by atoms with Crippen LogP contribution >= 0.6 is 11.6 Å². The maximum Gasteiger partial charge on any atom is 0.410 e. The Labute approximate surface area is 96.0 Å². The molecule has 0 spiro atoms. The number of rotatable bonds is 1. The molecule has 1 unspecified atom stereocenters. The summed E-state index contributed by atoms with van der Waals surface area (Å²) >= 11 is 5.53. The van der Waals surface area contributed by atoms with Crippen molar-refractivity contribution in [2.24, 2.45) is 0 Å². The highest BCUT2D eigenvalue weighted by atomic mass is 35.5. The van der Waals surface area contributed by atoms with Gasteiger partial charge in [-0.2, -0.15) is 0 Å². The highest BCUT2D eigenvalue weighted by Crippen LogP contribution is 2.21. The van der Waals surface area contributed by atoms with Crippen LogP contribution in [-0.4, -0.2) is 29.2 Å². The highest BCUT2D eigenvalue weighted by molar-refractivity contribution is 6.25. The fourth-order valence-corrected chi connectivity index (χ4v) is 1.79. The summed E-state index contributed by atoms with van der Waals surface area (Å²) in [5.41, 5.74) is 1.03. The number of halogens is 1. The molecule has 0 aromatic carbocycles. The molecular weight excluding hydrogens is 214 g/mol. The zero-order valence-corrected chi connectivity index (χ0v) is 10.3. The molecule has 1 aliphatic heterocycles. The molecule has 0 N–H and O–H groups in total. The Morgan fingerprint density at radius 3 is 2.73 bits per heavy atom. The SMILES string of the molecule is CC(C)(C)OC(=O)N1CCCC1C=CCl. The third-order valence-corrected chi connectivity index (χ3v) is 2.37. The van der Waals surface area contributed by atoms with Crippen molar-refractivity contribution >= 4 is 17.7 Å². The molecule has 15 heavy (non-hydrogen) atoms. The van der Waals surface area contributed by atoms with Crippen molar-refractivity contribution in [1.82, 2.24) is 4.90 Å². The minimum Gasteiger partial charge on any atom is -0.444 e. The lowest BCUT2D eigenvalue weighted by molar-refractivity contribution is 0.0256. The Bertz CT molecular complexity index is 258. The number of nitrogens with zero attached hydrogens (tertiary/aromatic N) is 1. The molecule has 0 saturated carbocycles. The summed E-state index contributed by atoms with van der Waals surface area (Å²) in [6, 6.07) is 0.0948. The third-order valence-electron chi connectivity index (χ3n) is 2.22. The lowest BCUT2D eigenvalue weighted by Gasteiger charge is -2.27. The number of carbonyl (C=O) groups excluding carboxylic acids is 1. The van der Waals surface area contributed by atoms with Gasteiger partial charge >= 0.3 is 6.09 Å². The molecule has 1 atom stereocenters. The monoisotopic (exact) mass is 231 g/mol. The van der Waals surface area contributed by atoms with Crippen molar-refractivity contribution in [2.45, 2.75) is 45.3 Å². The molecule has 0 aliphatic carbocycles. The van der Waals surface area contributed by atoms with E-state index in [2.05, 4.69) is 0 Å². The van der Waals surface area contributed by atoms with E-state index in [0.717, 1.165) is 19.4 Å². The van der Waals surface area contributed by atoms with Crippen molar-refractivity contribution in [3.63, 3.8) is 0 Å². The first-order valence-electron chi connectivity index (χ1n) is 5.20. The smallest absolute Gasteiger partial charge is 0.410 e. The number of hydrogen-bond acceptors (Lipinski definition) is 2. The largest absolute Gasteiger partial charge is 0.444 e. The maximum atomic E-state index is 11.8. The van der Waals surface area contributed by atoms with Crippen LogP contribution in [0.3, 0.4) is 0 Å². The standard InChI is InChI=1S/C11H18ClNO2/c1-11(2,3)15-10(14)13-8-4-5-9(13)6-7-12/h6-7,9H,4-5,8H2,1-3H3. The van der Waals surface area contributed by atoms with Gasteiger partial charge in [-0.15, -0.1) is 0 Å². The highest BCUT2D eigenvalue weighted by Gasteiger charge is 2.30. The lowest BCUT2D eigenvalue weighted by atomic mass is 10.2. The van der Waals surface area contributed by atoms with Crippen LogP contribution in [0.1, 0.15) is 33.6 Å². The van der Waals surface area contributed by atoms with Crippen LogP contribution in [0.2, 0.25) is 0 Å². The van der Waals surface area contributed by atoms with Crippen LogP contribution in [0.15, 0.2) is 11.6 Å². The molecule has 0 aromatic rings. The van der Waals surface area contributed by atoms with E-state index in [1.165, 1.54) is 5.54 Å². The average molecular weight is 232 g/mol. The van der Waals surface area contributed by atoms with E-state index < -0.39 is 5.60 Å². The third kappa shape index (κ3) is 3.74. The fraction of sp³-hybridized carbons (Fsp3) is 0.727. The van der Waals surface area contributed by atoms with Crippen molar-refractivity contribution in [3.8, 4) is 0 Å². The number of amides is 1. The van der Waals surface area contributed by atoms with Gasteiger partial charge in [-0.25, -0.2) is 4.79 Å². The first-order valence-corrected chi connectivity index (χ1v) is 5.64. The van der Waals surface area contributed by atoms with E-state index in [-0.39, 0.29) is 12.1 Å². The Morgan fingerprint density at radius 2 is 2.20 bits per heavy atom. The second-order valence-corrected chi connectivity index (χ2v) is 4.95. The summed E-state index contributed by atoms with van der Waals surface area (Å²) in [7, 11) is 0. The van der Waals surface area contributed by atoms with E-state index in [1.807, 2.05) is 26.8 Å². The van der Waals surface area contributed by atoms with Gasteiger partial charge in [0.1, 0.15) is 5.60 Å².